The fourth-order valence-electron chi connectivity index (χ4n) is 3.28. The van der Waals surface area contributed by atoms with E-state index in [0.717, 1.165) is 32.1 Å². The topological polar surface area (TPSA) is 38.5 Å². The quantitative estimate of drug-likeness (QED) is 0.899. The minimum atomic E-state index is 0.741. The highest BCUT2D eigenvalue weighted by Gasteiger charge is 2.23. The predicted octanol–water partition coefficient (Wildman–Crippen LogP) is 1.98. The van der Waals surface area contributed by atoms with Crippen molar-refractivity contribution < 1.29 is 4.74 Å². The maximum Gasteiger partial charge on any atom is 0.0469 e. The maximum absolute atomic E-state index is 5.63. The molecule has 19 heavy (non-hydrogen) atoms. The lowest BCUT2D eigenvalue weighted by atomic mass is 9.99. The molecule has 2 aliphatic heterocycles. The summed E-state index contributed by atoms with van der Waals surface area (Å²) in [5, 5.41) is 0. The fraction of sp³-hybridized carbons (Fsp3) is 0.625. The second-order valence-electron chi connectivity index (χ2n) is 5.75. The van der Waals surface area contributed by atoms with Gasteiger partial charge in [-0.1, -0.05) is 12.1 Å². The average molecular weight is 260 g/mol. The van der Waals surface area contributed by atoms with Crippen molar-refractivity contribution in [3.8, 4) is 0 Å². The van der Waals surface area contributed by atoms with Crippen LogP contribution in [-0.2, 0) is 17.6 Å². The van der Waals surface area contributed by atoms with Gasteiger partial charge in [0.2, 0.25) is 0 Å². The van der Waals surface area contributed by atoms with Crippen LogP contribution in [0.3, 0.4) is 0 Å². The normalized spacial score (nSPS) is 19.7. The van der Waals surface area contributed by atoms with Crippen LogP contribution >= 0.6 is 0 Å². The highest BCUT2D eigenvalue weighted by Crippen LogP contribution is 2.31. The molecule has 1 saturated heterocycles. The first-order chi connectivity index (χ1) is 9.36. The molecular weight excluding hydrogens is 236 g/mol. The summed E-state index contributed by atoms with van der Waals surface area (Å²) in [6.45, 7) is 5.01. The predicted molar refractivity (Wildman–Crippen MR) is 78.7 cm³/mol. The number of anilines is 1. The molecule has 0 radical (unpaired) electrons. The van der Waals surface area contributed by atoms with Gasteiger partial charge in [-0.15, -0.1) is 0 Å². The molecule has 0 bridgehead atoms. The molecule has 3 heteroatoms. The van der Waals surface area contributed by atoms with Crippen molar-refractivity contribution in [3.63, 3.8) is 0 Å². The van der Waals surface area contributed by atoms with Gasteiger partial charge in [-0.2, -0.15) is 0 Å². The van der Waals surface area contributed by atoms with E-state index in [-0.39, 0.29) is 0 Å². The SMILES string of the molecule is NCCc1ccc2c(c1)CCN2CC1CCOCC1. The van der Waals surface area contributed by atoms with Crippen molar-refractivity contribution in [2.75, 3.05) is 37.7 Å². The summed E-state index contributed by atoms with van der Waals surface area (Å²) in [5.41, 5.74) is 9.98. The second kappa shape index (κ2) is 5.93. The minimum Gasteiger partial charge on any atom is -0.381 e. The zero-order chi connectivity index (χ0) is 13.1. The fourth-order valence-corrected chi connectivity index (χ4v) is 3.28. The molecule has 0 amide bonds. The van der Waals surface area contributed by atoms with Gasteiger partial charge in [0, 0.05) is 32.0 Å². The molecule has 0 aliphatic carbocycles. The van der Waals surface area contributed by atoms with E-state index in [4.69, 9.17) is 10.5 Å². The lowest BCUT2D eigenvalue weighted by molar-refractivity contribution is 0.0683. The number of nitrogens with zero attached hydrogens (tertiary/aromatic N) is 1. The summed E-state index contributed by atoms with van der Waals surface area (Å²) in [4.78, 5) is 2.57. The Labute approximate surface area is 115 Å². The number of benzene rings is 1. The number of hydrogen-bond donors (Lipinski definition) is 1. The van der Waals surface area contributed by atoms with Crippen LogP contribution in [0.2, 0.25) is 0 Å². The largest absolute Gasteiger partial charge is 0.381 e. The molecule has 0 unspecified atom stereocenters. The van der Waals surface area contributed by atoms with E-state index in [1.807, 2.05) is 0 Å². The molecule has 2 heterocycles. The molecule has 0 atom stereocenters. The van der Waals surface area contributed by atoms with Gasteiger partial charge in [-0.05, 0) is 55.3 Å². The van der Waals surface area contributed by atoms with Crippen molar-refractivity contribution in [1.82, 2.24) is 0 Å². The van der Waals surface area contributed by atoms with Crippen molar-refractivity contribution in [2.45, 2.75) is 25.7 Å². The van der Waals surface area contributed by atoms with Gasteiger partial charge < -0.3 is 15.4 Å². The van der Waals surface area contributed by atoms with E-state index >= 15 is 0 Å². The Morgan fingerprint density at radius 1 is 1.26 bits per heavy atom. The van der Waals surface area contributed by atoms with E-state index in [1.165, 1.54) is 49.2 Å². The summed E-state index contributed by atoms with van der Waals surface area (Å²) in [6, 6.07) is 6.90. The van der Waals surface area contributed by atoms with Crippen LogP contribution in [0.5, 0.6) is 0 Å². The van der Waals surface area contributed by atoms with Crippen LogP contribution < -0.4 is 10.6 Å². The molecule has 0 spiro atoms. The number of rotatable bonds is 4. The number of ether oxygens (including phenoxy) is 1. The Balaban J connectivity index is 1.67. The lowest BCUT2D eigenvalue weighted by Gasteiger charge is -2.28. The zero-order valence-electron chi connectivity index (χ0n) is 11.6. The van der Waals surface area contributed by atoms with E-state index in [2.05, 4.69) is 23.1 Å². The van der Waals surface area contributed by atoms with Crippen molar-refractivity contribution in [3.05, 3.63) is 29.3 Å². The van der Waals surface area contributed by atoms with E-state index in [1.54, 1.807) is 0 Å². The number of hydrogen-bond acceptors (Lipinski definition) is 3. The summed E-state index contributed by atoms with van der Waals surface area (Å²) in [7, 11) is 0. The maximum atomic E-state index is 5.63. The second-order valence-corrected chi connectivity index (χ2v) is 5.75. The van der Waals surface area contributed by atoms with Crippen LogP contribution in [0.4, 0.5) is 5.69 Å². The van der Waals surface area contributed by atoms with Crippen LogP contribution in [0, 0.1) is 5.92 Å². The van der Waals surface area contributed by atoms with Crippen molar-refractivity contribution >= 4 is 5.69 Å². The van der Waals surface area contributed by atoms with Gasteiger partial charge in [0.25, 0.3) is 0 Å². The average Bonchev–Trinajstić information content (AvgIpc) is 2.83. The summed E-state index contributed by atoms with van der Waals surface area (Å²) in [5.74, 6) is 0.809. The van der Waals surface area contributed by atoms with Gasteiger partial charge in [-0.25, -0.2) is 0 Å². The van der Waals surface area contributed by atoms with Crippen molar-refractivity contribution in [1.29, 1.82) is 0 Å². The van der Waals surface area contributed by atoms with Gasteiger partial charge >= 0.3 is 0 Å². The van der Waals surface area contributed by atoms with Gasteiger partial charge in [0.1, 0.15) is 0 Å². The Hall–Kier alpha value is -1.06. The third-order valence-corrected chi connectivity index (χ3v) is 4.39. The summed E-state index contributed by atoms with van der Waals surface area (Å²) < 4.78 is 5.45. The van der Waals surface area contributed by atoms with E-state index in [9.17, 15) is 0 Å². The standard InChI is InChI=1S/C16H24N2O/c17-7-3-13-1-2-16-15(11-13)4-8-18(16)12-14-5-9-19-10-6-14/h1-2,11,14H,3-10,12,17H2. The Morgan fingerprint density at radius 2 is 2.11 bits per heavy atom. The van der Waals surface area contributed by atoms with Crippen LogP contribution in [0.15, 0.2) is 18.2 Å². The molecule has 2 N–H and O–H groups in total. The summed E-state index contributed by atoms with van der Waals surface area (Å²) in [6.07, 6.45) is 4.62. The monoisotopic (exact) mass is 260 g/mol. The van der Waals surface area contributed by atoms with Gasteiger partial charge in [-0.3, -0.25) is 0 Å². The number of nitrogens with two attached hydrogens (primary N) is 1. The Bertz CT molecular complexity index is 427. The van der Waals surface area contributed by atoms with Crippen LogP contribution in [0.25, 0.3) is 0 Å². The van der Waals surface area contributed by atoms with Crippen LogP contribution in [0.1, 0.15) is 24.0 Å². The molecule has 104 valence electrons. The minimum absolute atomic E-state index is 0.741. The third kappa shape index (κ3) is 2.93. The highest BCUT2D eigenvalue weighted by molar-refractivity contribution is 5.59. The number of fused-ring (bicyclic) bond motifs is 1. The van der Waals surface area contributed by atoms with Gasteiger partial charge in [0.15, 0.2) is 0 Å². The smallest absolute Gasteiger partial charge is 0.0469 e. The highest BCUT2D eigenvalue weighted by atomic mass is 16.5. The van der Waals surface area contributed by atoms with E-state index in [0.29, 0.717) is 0 Å². The van der Waals surface area contributed by atoms with E-state index < -0.39 is 0 Å². The third-order valence-electron chi connectivity index (χ3n) is 4.39. The first kappa shape index (κ1) is 12.9. The van der Waals surface area contributed by atoms with Crippen molar-refractivity contribution in [2.24, 2.45) is 11.7 Å². The molecule has 3 nitrogen and oxygen atoms in total. The first-order valence-electron chi connectivity index (χ1n) is 7.51. The Kier molecular flexibility index (Phi) is 4.04. The molecule has 0 saturated carbocycles. The molecule has 1 fully saturated rings. The molecule has 0 aromatic heterocycles. The molecule has 1 aromatic carbocycles. The van der Waals surface area contributed by atoms with Gasteiger partial charge in [0.05, 0.1) is 0 Å². The zero-order valence-corrected chi connectivity index (χ0v) is 11.6. The Morgan fingerprint density at radius 3 is 2.89 bits per heavy atom. The van der Waals surface area contributed by atoms with Crippen LogP contribution in [-0.4, -0.2) is 32.8 Å². The molecular formula is C16H24N2O. The first-order valence-corrected chi connectivity index (χ1v) is 7.51. The lowest BCUT2D eigenvalue weighted by Crippen LogP contribution is -2.31. The molecule has 2 aliphatic rings. The summed E-state index contributed by atoms with van der Waals surface area (Å²) >= 11 is 0. The molecule has 1 aromatic rings. The molecule has 3 rings (SSSR count).